The normalized spacial score (nSPS) is 12.5. The average Bonchev–Trinajstić information content (AvgIpc) is 2.63. The van der Waals surface area contributed by atoms with E-state index in [1.165, 1.54) is 0 Å². The first-order valence-electron chi connectivity index (χ1n) is 5.07. The number of aromatic nitrogens is 1. The molecule has 0 unspecified atom stereocenters. The van der Waals surface area contributed by atoms with Gasteiger partial charge in [0.1, 0.15) is 0 Å². The third kappa shape index (κ3) is 3.97. The van der Waals surface area contributed by atoms with Crippen molar-refractivity contribution in [2.45, 2.75) is 32.7 Å². The summed E-state index contributed by atoms with van der Waals surface area (Å²) in [6.07, 6.45) is 1.45. The van der Waals surface area contributed by atoms with Crippen molar-refractivity contribution in [3.63, 3.8) is 0 Å². The lowest BCUT2D eigenvalue weighted by Crippen LogP contribution is -2.40. The summed E-state index contributed by atoms with van der Waals surface area (Å²) in [4.78, 5) is 15.6. The molecule has 1 rings (SSSR count). The molecule has 0 aliphatic rings. The van der Waals surface area contributed by atoms with Gasteiger partial charge in [0.05, 0.1) is 11.0 Å². The van der Waals surface area contributed by atoms with E-state index in [0.29, 0.717) is 13.0 Å². The molecule has 0 radical (unpaired) electrons. The van der Waals surface area contributed by atoms with Crippen LogP contribution in [0.3, 0.4) is 0 Å². The largest absolute Gasteiger partial charge is 0.354 e. The highest BCUT2D eigenvalue weighted by Gasteiger charge is 2.09. The Bertz CT molecular complexity index is 324. The summed E-state index contributed by atoms with van der Waals surface area (Å²) in [6, 6.07) is -0.386. The van der Waals surface area contributed by atoms with E-state index in [-0.39, 0.29) is 11.9 Å². The molecule has 0 aromatic carbocycles. The zero-order valence-corrected chi connectivity index (χ0v) is 9.93. The smallest absolute Gasteiger partial charge is 0.236 e. The first-order chi connectivity index (χ1) is 7.13. The number of nitrogens with two attached hydrogens (primary N) is 1. The maximum atomic E-state index is 11.3. The molecule has 4 nitrogen and oxygen atoms in total. The number of hydrogen-bond donors (Lipinski definition) is 2. The molecule has 0 bridgehead atoms. The Kier molecular flexibility index (Phi) is 4.71. The quantitative estimate of drug-likeness (QED) is 0.783. The summed E-state index contributed by atoms with van der Waals surface area (Å²) in [5, 5.41) is 5.86. The van der Waals surface area contributed by atoms with E-state index in [9.17, 15) is 4.79 Å². The molecular weight excluding hydrogens is 210 g/mol. The highest BCUT2D eigenvalue weighted by atomic mass is 32.1. The molecule has 15 heavy (non-hydrogen) atoms. The second kappa shape index (κ2) is 5.82. The standard InChI is InChI=1S/C10H17N3OS/c1-3-8(11)10(14)12-5-4-9-13-7(2)6-15-9/h6,8H,3-5,11H2,1-2H3,(H,12,14)/t8-/m0/s1. The molecule has 1 amide bonds. The van der Waals surface area contributed by atoms with Gasteiger partial charge in [0, 0.05) is 24.0 Å². The van der Waals surface area contributed by atoms with Crippen molar-refractivity contribution >= 4 is 17.2 Å². The van der Waals surface area contributed by atoms with Gasteiger partial charge in [-0.15, -0.1) is 11.3 Å². The first-order valence-corrected chi connectivity index (χ1v) is 5.95. The molecule has 0 aliphatic heterocycles. The summed E-state index contributed by atoms with van der Waals surface area (Å²) in [6.45, 7) is 4.47. The predicted octanol–water partition coefficient (Wildman–Crippen LogP) is 0.848. The Labute approximate surface area is 93.9 Å². The topological polar surface area (TPSA) is 68.0 Å². The van der Waals surface area contributed by atoms with E-state index in [1.54, 1.807) is 11.3 Å². The van der Waals surface area contributed by atoms with Gasteiger partial charge in [0.2, 0.25) is 5.91 Å². The van der Waals surface area contributed by atoms with Gasteiger partial charge in [-0.3, -0.25) is 4.79 Å². The summed E-state index contributed by atoms with van der Waals surface area (Å²) >= 11 is 1.62. The molecule has 3 N–H and O–H groups in total. The van der Waals surface area contributed by atoms with E-state index < -0.39 is 0 Å². The van der Waals surface area contributed by atoms with Crippen LogP contribution in [0.4, 0.5) is 0 Å². The van der Waals surface area contributed by atoms with E-state index >= 15 is 0 Å². The molecule has 0 spiro atoms. The Morgan fingerprint density at radius 2 is 2.47 bits per heavy atom. The van der Waals surface area contributed by atoms with E-state index in [2.05, 4.69) is 10.3 Å². The van der Waals surface area contributed by atoms with Crippen LogP contribution in [0.2, 0.25) is 0 Å². The monoisotopic (exact) mass is 227 g/mol. The number of nitrogens with zero attached hydrogens (tertiary/aromatic N) is 1. The van der Waals surface area contributed by atoms with Crippen LogP contribution in [0, 0.1) is 6.92 Å². The zero-order chi connectivity index (χ0) is 11.3. The van der Waals surface area contributed by atoms with Crippen molar-refractivity contribution in [1.29, 1.82) is 0 Å². The van der Waals surface area contributed by atoms with E-state index in [0.717, 1.165) is 17.1 Å². The van der Waals surface area contributed by atoms with Crippen LogP contribution in [0.1, 0.15) is 24.0 Å². The fourth-order valence-corrected chi connectivity index (χ4v) is 1.90. The van der Waals surface area contributed by atoms with Crippen LogP contribution in [-0.2, 0) is 11.2 Å². The summed E-state index contributed by atoms with van der Waals surface area (Å²) in [5.74, 6) is -0.0780. The fourth-order valence-electron chi connectivity index (χ4n) is 1.13. The second-order valence-corrected chi connectivity index (χ2v) is 4.38. The molecule has 0 aliphatic carbocycles. The Morgan fingerprint density at radius 3 is 3.00 bits per heavy atom. The molecule has 84 valence electrons. The number of carbonyl (C=O) groups excluding carboxylic acids is 1. The van der Waals surface area contributed by atoms with Crippen LogP contribution in [0.25, 0.3) is 0 Å². The molecule has 0 fully saturated rings. The minimum atomic E-state index is -0.386. The van der Waals surface area contributed by atoms with Crippen molar-refractivity contribution in [2.24, 2.45) is 5.73 Å². The molecule has 1 aromatic heterocycles. The van der Waals surface area contributed by atoms with Crippen LogP contribution in [-0.4, -0.2) is 23.5 Å². The Hall–Kier alpha value is -0.940. The molecule has 0 saturated carbocycles. The number of hydrogen-bond acceptors (Lipinski definition) is 4. The lowest BCUT2D eigenvalue weighted by atomic mass is 10.2. The third-order valence-electron chi connectivity index (χ3n) is 2.08. The van der Waals surface area contributed by atoms with E-state index in [4.69, 9.17) is 5.73 Å². The number of rotatable bonds is 5. The van der Waals surface area contributed by atoms with Gasteiger partial charge < -0.3 is 11.1 Å². The molecule has 5 heteroatoms. The number of carbonyl (C=O) groups is 1. The van der Waals surface area contributed by atoms with Crippen molar-refractivity contribution in [3.8, 4) is 0 Å². The summed E-state index contributed by atoms with van der Waals surface area (Å²) in [5.41, 5.74) is 6.61. The number of thiazole rings is 1. The van der Waals surface area contributed by atoms with Gasteiger partial charge in [0.25, 0.3) is 0 Å². The van der Waals surface area contributed by atoms with Crippen LogP contribution < -0.4 is 11.1 Å². The zero-order valence-electron chi connectivity index (χ0n) is 9.12. The maximum absolute atomic E-state index is 11.3. The maximum Gasteiger partial charge on any atom is 0.236 e. The predicted molar refractivity (Wildman–Crippen MR) is 61.8 cm³/mol. The highest BCUT2D eigenvalue weighted by Crippen LogP contribution is 2.08. The van der Waals surface area contributed by atoms with Crippen molar-refractivity contribution in [3.05, 3.63) is 16.1 Å². The van der Waals surface area contributed by atoms with Crippen LogP contribution in [0.5, 0.6) is 0 Å². The van der Waals surface area contributed by atoms with Gasteiger partial charge in [0.15, 0.2) is 0 Å². The lowest BCUT2D eigenvalue weighted by Gasteiger charge is -2.08. The minimum absolute atomic E-state index is 0.0780. The van der Waals surface area contributed by atoms with Crippen LogP contribution in [0.15, 0.2) is 5.38 Å². The fraction of sp³-hybridized carbons (Fsp3) is 0.600. The molecule has 1 heterocycles. The minimum Gasteiger partial charge on any atom is -0.354 e. The third-order valence-corrected chi connectivity index (χ3v) is 3.11. The van der Waals surface area contributed by atoms with Gasteiger partial charge in [-0.05, 0) is 13.3 Å². The van der Waals surface area contributed by atoms with E-state index in [1.807, 2.05) is 19.2 Å². The summed E-state index contributed by atoms with van der Waals surface area (Å²) < 4.78 is 0. The Balaban J connectivity index is 2.24. The highest BCUT2D eigenvalue weighted by molar-refractivity contribution is 7.09. The second-order valence-electron chi connectivity index (χ2n) is 3.44. The van der Waals surface area contributed by atoms with Crippen molar-refractivity contribution in [1.82, 2.24) is 10.3 Å². The molecule has 1 atom stereocenters. The van der Waals surface area contributed by atoms with Gasteiger partial charge >= 0.3 is 0 Å². The molecule has 0 saturated heterocycles. The molecule has 1 aromatic rings. The number of nitrogens with one attached hydrogen (secondary N) is 1. The SMILES string of the molecule is CC[C@H](N)C(=O)NCCc1nc(C)cs1. The Morgan fingerprint density at radius 1 is 1.73 bits per heavy atom. The summed E-state index contributed by atoms with van der Waals surface area (Å²) in [7, 11) is 0. The van der Waals surface area contributed by atoms with Crippen LogP contribution >= 0.6 is 11.3 Å². The molecular formula is C10H17N3OS. The van der Waals surface area contributed by atoms with Gasteiger partial charge in [-0.25, -0.2) is 4.98 Å². The van der Waals surface area contributed by atoms with Crippen molar-refractivity contribution in [2.75, 3.05) is 6.54 Å². The lowest BCUT2D eigenvalue weighted by molar-refractivity contribution is -0.122. The van der Waals surface area contributed by atoms with Gasteiger partial charge in [-0.2, -0.15) is 0 Å². The van der Waals surface area contributed by atoms with Crippen molar-refractivity contribution < 1.29 is 4.79 Å². The van der Waals surface area contributed by atoms with Gasteiger partial charge in [-0.1, -0.05) is 6.92 Å². The number of aryl methyl sites for hydroxylation is 1. The average molecular weight is 227 g/mol. The number of amides is 1. The first kappa shape index (κ1) is 12.1.